The Labute approximate surface area is 147 Å². The molecule has 1 amide bonds. The molecule has 0 aromatic heterocycles. The number of hydrogen-bond donors (Lipinski definition) is 2. The third kappa shape index (κ3) is 4.56. The highest BCUT2D eigenvalue weighted by Gasteiger charge is 2.18. The molecule has 0 radical (unpaired) electrons. The van der Waals surface area contributed by atoms with Gasteiger partial charge in [0.1, 0.15) is 0 Å². The van der Waals surface area contributed by atoms with Gasteiger partial charge in [-0.1, -0.05) is 36.7 Å². The first kappa shape index (κ1) is 18.4. The number of carbonyl (C=O) groups is 1. The molecule has 2 aromatic carbocycles. The van der Waals surface area contributed by atoms with Crippen molar-refractivity contribution >= 4 is 33.2 Å². The number of benzene rings is 2. The van der Waals surface area contributed by atoms with Crippen LogP contribution in [0.1, 0.15) is 30.6 Å². The molecule has 0 aliphatic rings. The van der Waals surface area contributed by atoms with Gasteiger partial charge in [0.15, 0.2) is 0 Å². The van der Waals surface area contributed by atoms with E-state index in [0.29, 0.717) is 17.1 Å². The Morgan fingerprint density at radius 2 is 1.88 bits per heavy atom. The molecule has 0 saturated heterocycles. The highest BCUT2D eigenvalue weighted by atomic mass is 35.5. The molecule has 1 atom stereocenters. The van der Waals surface area contributed by atoms with Gasteiger partial charge in [-0.05, 0) is 43.7 Å². The van der Waals surface area contributed by atoms with Crippen molar-refractivity contribution in [3.05, 3.63) is 59.1 Å². The van der Waals surface area contributed by atoms with Crippen LogP contribution in [0.3, 0.4) is 0 Å². The van der Waals surface area contributed by atoms with Gasteiger partial charge < -0.3 is 5.32 Å². The smallest absolute Gasteiger partial charge is 0.255 e. The van der Waals surface area contributed by atoms with Crippen LogP contribution in [0, 0.1) is 0 Å². The lowest BCUT2D eigenvalue weighted by atomic mass is 10.2. The van der Waals surface area contributed by atoms with Crippen molar-refractivity contribution in [2.45, 2.75) is 31.2 Å². The van der Waals surface area contributed by atoms with Gasteiger partial charge in [-0.3, -0.25) is 4.79 Å². The van der Waals surface area contributed by atoms with Crippen molar-refractivity contribution in [1.82, 2.24) is 4.72 Å². The maximum atomic E-state index is 12.3. The molecule has 0 spiro atoms. The maximum absolute atomic E-state index is 12.3. The number of anilines is 1. The van der Waals surface area contributed by atoms with E-state index in [1.165, 1.54) is 18.2 Å². The average Bonchev–Trinajstić information content (AvgIpc) is 2.56. The summed E-state index contributed by atoms with van der Waals surface area (Å²) in [7, 11) is -3.66. The summed E-state index contributed by atoms with van der Waals surface area (Å²) in [6.07, 6.45) is 0.673. The molecular weight excluding hydrogens is 348 g/mol. The van der Waals surface area contributed by atoms with Crippen LogP contribution in [0.15, 0.2) is 53.4 Å². The first-order chi connectivity index (χ1) is 11.3. The third-order valence-corrected chi connectivity index (χ3v) is 5.41. The van der Waals surface area contributed by atoms with Gasteiger partial charge >= 0.3 is 0 Å². The van der Waals surface area contributed by atoms with Gasteiger partial charge in [0, 0.05) is 11.6 Å². The van der Waals surface area contributed by atoms with E-state index in [1.807, 2.05) is 6.92 Å². The van der Waals surface area contributed by atoms with E-state index in [-0.39, 0.29) is 16.5 Å². The lowest BCUT2D eigenvalue weighted by Gasteiger charge is -2.13. The second-order valence-corrected chi connectivity index (χ2v) is 7.51. The van der Waals surface area contributed by atoms with Gasteiger partial charge in [-0.2, -0.15) is 0 Å². The summed E-state index contributed by atoms with van der Waals surface area (Å²) in [6.45, 7) is 3.67. The summed E-state index contributed by atoms with van der Waals surface area (Å²) in [6, 6.07) is 12.5. The van der Waals surface area contributed by atoms with Crippen LogP contribution in [0.4, 0.5) is 5.69 Å². The molecule has 128 valence electrons. The predicted octanol–water partition coefficient (Wildman–Crippen LogP) is 3.67. The largest absolute Gasteiger partial charge is 0.321 e. The molecule has 0 aliphatic carbocycles. The summed E-state index contributed by atoms with van der Waals surface area (Å²) < 4.78 is 27.2. The fourth-order valence-corrected chi connectivity index (χ4v) is 3.53. The van der Waals surface area contributed by atoms with Gasteiger partial charge in [0.2, 0.25) is 10.0 Å². The second-order valence-electron chi connectivity index (χ2n) is 5.39. The molecular formula is C17H19ClN2O3S. The molecule has 7 heteroatoms. The minimum atomic E-state index is -3.66. The molecule has 5 nitrogen and oxygen atoms in total. The number of halogens is 1. The van der Waals surface area contributed by atoms with Crippen LogP contribution in [0.5, 0.6) is 0 Å². The van der Waals surface area contributed by atoms with Gasteiger partial charge in [0.05, 0.1) is 15.6 Å². The van der Waals surface area contributed by atoms with Gasteiger partial charge in [0.25, 0.3) is 5.91 Å². The van der Waals surface area contributed by atoms with Crippen molar-refractivity contribution in [3.63, 3.8) is 0 Å². The molecule has 0 fully saturated rings. The zero-order valence-electron chi connectivity index (χ0n) is 13.4. The fraction of sp³-hybridized carbons (Fsp3) is 0.235. The zero-order valence-corrected chi connectivity index (χ0v) is 15.0. The predicted molar refractivity (Wildman–Crippen MR) is 95.9 cm³/mol. The summed E-state index contributed by atoms with van der Waals surface area (Å²) in [4.78, 5) is 12.4. The fourth-order valence-electron chi connectivity index (χ4n) is 1.98. The van der Waals surface area contributed by atoms with Crippen LogP contribution < -0.4 is 10.0 Å². The number of nitrogens with one attached hydrogen (secondary N) is 2. The Kier molecular flexibility index (Phi) is 5.99. The Hall–Kier alpha value is -1.89. The summed E-state index contributed by atoms with van der Waals surface area (Å²) in [5.74, 6) is -0.427. The number of para-hydroxylation sites is 1. The molecule has 2 aromatic rings. The lowest BCUT2D eigenvalue weighted by Crippen LogP contribution is -2.32. The van der Waals surface area contributed by atoms with Crippen LogP contribution in [-0.4, -0.2) is 20.4 Å². The van der Waals surface area contributed by atoms with E-state index in [0.717, 1.165) is 0 Å². The number of rotatable bonds is 6. The Morgan fingerprint density at radius 1 is 1.17 bits per heavy atom. The van der Waals surface area contributed by atoms with Crippen LogP contribution in [0.2, 0.25) is 5.02 Å². The lowest BCUT2D eigenvalue weighted by molar-refractivity contribution is 0.102. The first-order valence-corrected chi connectivity index (χ1v) is 9.38. The first-order valence-electron chi connectivity index (χ1n) is 7.51. The maximum Gasteiger partial charge on any atom is 0.255 e. The topological polar surface area (TPSA) is 75.3 Å². The number of hydrogen-bond acceptors (Lipinski definition) is 3. The van der Waals surface area contributed by atoms with Crippen LogP contribution in [0.25, 0.3) is 0 Å². The molecule has 0 aliphatic heterocycles. The molecule has 0 bridgehead atoms. The minimum absolute atomic E-state index is 0.0506. The molecule has 0 heterocycles. The summed E-state index contributed by atoms with van der Waals surface area (Å²) in [5.41, 5.74) is 0.706. The quantitative estimate of drug-likeness (QED) is 0.819. The van der Waals surface area contributed by atoms with Crippen molar-refractivity contribution in [1.29, 1.82) is 0 Å². The van der Waals surface area contributed by atoms with Crippen molar-refractivity contribution in [3.8, 4) is 0 Å². The van der Waals surface area contributed by atoms with E-state index in [2.05, 4.69) is 10.0 Å². The molecule has 0 saturated carbocycles. The van der Waals surface area contributed by atoms with Crippen molar-refractivity contribution in [2.24, 2.45) is 0 Å². The highest BCUT2D eigenvalue weighted by Crippen LogP contribution is 2.21. The third-order valence-electron chi connectivity index (χ3n) is 3.50. The SMILES string of the molecule is CCC(C)NS(=O)(=O)c1cccc(C(=O)Nc2ccccc2Cl)c1. The van der Waals surface area contributed by atoms with E-state index < -0.39 is 15.9 Å². The van der Waals surface area contributed by atoms with E-state index in [1.54, 1.807) is 37.3 Å². The summed E-state index contributed by atoms with van der Waals surface area (Å²) in [5, 5.41) is 3.08. The van der Waals surface area contributed by atoms with Crippen LogP contribution in [-0.2, 0) is 10.0 Å². The van der Waals surface area contributed by atoms with Crippen LogP contribution >= 0.6 is 11.6 Å². The highest BCUT2D eigenvalue weighted by molar-refractivity contribution is 7.89. The standard InChI is InChI=1S/C17H19ClN2O3S/c1-3-12(2)20-24(22,23)14-8-6-7-13(11-14)17(21)19-16-10-5-4-9-15(16)18/h4-12,20H,3H2,1-2H3,(H,19,21). The number of amides is 1. The molecule has 2 rings (SSSR count). The van der Waals surface area contributed by atoms with Gasteiger partial charge in [-0.25, -0.2) is 13.1 Å². The monoisotopic (exact) mass is 366 g/mol. The Balaban J connectivity index is 2.24. The zero-order chi connectivity index (χ0) is 17.7. The molecule has 1 unspecified atom stereocenters. The van der Waals surface area contributed by atoms with E-state index in [4.69, 9.17) is 11.6 Å². The normalized spacial score (nSPS) is 12.6. The second kappa shape index (κ2) is 7.79. The van der Waals surface area contributed by atoms with Crippen molar-refractivity contribution in [2.75, 3.05) is 5.32 Å². The number of sulfonamides is 1. The molecule has 2 N–H and O–H groups in total. The van der Waals surface area contributed by atoms with Crippen molar-refractivity contribution < 1.29 is 13.2 Å². The molecule has 24 heavy (non-hydrogen) atoms. The number of carbonyl (C=O) groups excluding carboxylic acids is 1. The van der Waals surface area contributed by atoms with Gasteiger partial charge in [-0.15, -0.1) is 0 Å². The Morgan fingerprint density at radius 3 is 2.54 bits per heavy atom. The summed E-state index contributed by atoms with van der Waals surface area (Å²) >= 11 is 6.01. The average molecular weight is 367 g/mol. The van der Waals surface area contributed by atoms with E-state index in [9.17, 15) is 13.2 Å². The minimum Gasteiger partial charge on any atom is -0.321 e. The van der Waals surface area contributed by atoms with E-state index >= 15 is 0 Å². The Bertz CT molecular complexity index is 837.